The lowest BCUT2D eigenvalue weighted by Gasteiger charge is -2.30. The summed E-state index contributed by atoms with van der Waals surface area (Å²) in [6, 6.07) is 10.3. The van der Waals surface area contributed by atoms with Gasteiger partial charge in [-0.2, -0.15) is 0 Å². The minimum Gasteiger partial charge on any atom is -0.339 e. The zero-order valence-corrected chi connectivity index (χ0v) is 12.7. The fourth-order valence-corrected chi connectivity index (χ4v) is 4.06. The quantitative estimate of drug-likeness (QED) is 0.923. The van der Waals surface area contributed by atoms with Crippen molar-refractivity contribution in [3.05, 3.63) is 35.9 Å². The van der Waals surface area contributed by atoms with Crippen LogP contribution in [0.1, 0.15) is 56.6 Å². The first-order valence-electron chi connectivity index (χ1n) is 8.35. The smallest absolute Gasteiger partial charge is 0.224 e. The number of rotatable bonds is 4. The fourth-order valence-electron chi connectivity index (χ4n) is 4.06. The van der Waals surface area contributed by atoms with Crippen molar-refractivity contribution < 1.29 is 4.79 Å². The first kappa shape index (κ1) is 14.6. The van der Waals surface area contributed by atoms with E-state index in [9.17, 15) is 4.79 Å². The Hall–Kier alpha value is -1.35. The highest BCUT2D eigenvalue weighted by Gasteiger charge is 2.36. The predicted octanol–water partition coefficient (Wildman–Crippen LogP) is 3.26. The minimum atomic E-state index is -0.177. The Morgan fingerprint density at radius 2 is 1.86 bits per heavy atom. The van der Waals surface area contributed by atoms with Crippen molar-refractivity contribution >= 4 is 5.91 Å². The van der Waals surface area contributed by atoms with E-state index in [1.54, 1.807) is 0 Å². The minimum absolute atomic E-state index is 0.177. The monoisotopic (exact) mass is 286 g/mol. The Morgan fingerprint density at radius 1 is 1.14 bits per heavy atom. The van der Waals surface area contributed by atoms with Crippen molar-refractivity contribution in [2.24, 2.45) is 11.7 Å². The highest BCUT2D eigenvalue weighted by Crippen LogP contribution is 2.36. The van der Waals surface area contributed by atoms with Gasteiger partial charge in [-0.25, -0.2) is 0 Å². The molecule has 1 aromatic rings. The molecule has 0 aromatic heterocycles. The van der Waals surface area contributed by atoms with E-state index in [2.05, 4.69) is 4.90 Å². The molecule has 1 saturated heterocycles. The number of carbonyl (C=O) groups excluding carboxylic acids is 1. The fraction of sp³-hybridized carbons (Fsp3) is 0.611. The van der Waals surface area contributed by atoms with Crippen LogP contribution in [0.3, 0.4) is 0 Å². The van der Waals surface area contributed by atoms with Crippen LogP contribution in [0.25, 0.3) is 0 Å². The molecule has 1 aliphatic heterocycles. The average Bonchev–Trinajstić information content (AvgIpc) is 3.18. The third-order valence-electron chi connectivity index (χ3n) is 5.19. The molecule has 21 heavy (non-hydrogen) atoms. The van der Waals surface area contributed by atoms with E-state index in [4.69, 9.17) is 5.73 Å². The Bertz CT molecular complexity index is 467. The number of hydrogen-bond acceptors (Lipinski definition) is 2. The predicted molar refractivity (Wildman–Crippen MR) is 84.7 cm³/mol. The van der Waals surface area contributed by atoms with E-state index in [-0.39, 0.29) is 11.9 Å². The van der Waals surface area contributed by atoms with Crippen LogP contribution >= 0.6 is 0 Å². The van der Waals surface area contributed by atoms with Crippen LogP contribution in [0.4, 0.5) is 0 Å². The summed E-state index contributed by atoms with van der Waals surface area (Å²) in [7, 11) is 0. The molecule has 0 radical (unpaired) electrons. The zero-order chi connectivity index (χ0) is 14.7. The van der Waals surface area contributed by atoms with Gasteiger partial charge in [-0.3, -0.25) is 4.79 Å². The van der Waals surface area contributed by atoms with Crippen LogP contribution < -0.4 is 5.73 Å². The summed E-state index contributed by atoms with van der Waals surface area (Å²) in [6.45, 7) is 0.932. The van der Waals surface area contributed by atoms with Gasteiger partial charge in [-0.1, -0.05) is 43.2 Å². The summed E-state index contributed by atoms with van der Waals surface area (Å²) in [5.74, 6) is 0.991. The number of hydrogen-bond donors (Lipinski definition) is 1. The van der Waals surface area contributed by atoms with Crippen molar-refractivity contribution in [2.45, 2.75) is 57.0 Å². The molecule has 2 N–H and O–H groups in total. The molecule has 2 atom stereocenters. The third kappa shape index (κ3) is 3.29. The van der Waals surface area contributed by atoms with Gasteiger partial charge in [-0.15, -0.1) is 0 Å². The summed E-state index contributed by atoms with van der Waals surface area (Å²) in [6.07, 6.45) is 8.08. The largest absolute Gasteiger partial charge is 0.339 e. The van der Waals surface area contributed by atoms with Crippen LogP contribution in [-0.2, 0) is 4.79 Å². The van der Waals surface area contributed by atoms with Crippen molar-refractivity contribution in [1.29, 1.82) is 0 Å². The van der Waals surface area contributed by atoms with Gasteiger partial charge < -0.3 is 10.6 Å². The highest BCUT2D eigenvalue weighted by atomic mass is 16.2. The lowest BCUT2D eigenvalue weighted by Crippen LogP contribution is -2.40. The molecule has 3 heteroatoms. The topological polar surface area (TPSA) is 46.3 Å². The number of nitrogens with two attached hydrogens (primary N) is 1. The summed E-state index contributed by atoms with van der Waals surface area (Å²) in [5, 5.41) is 0. The highest BCUT2D eigenvalue weighted by molar-refractivity contribution is 5.77. The SMILES string of the molecule is NC(CC(=O)N1CCCC1C1CCCC1)c1ccccc1. The molecule has 114 valence electrons. The summed E-state index contributed by atoms with van der Waals surface area (Å²) in [5.41, 5.74) is 7.27. The number of likely N-dealkylation sites (tertiary alicyclic amines) is 1. The summed E-state index contributed by atoms with van der Waals surface area (Å²) in [4.78, 5) is 14.8. The molecule has 2 fully saturated rings. The Morgan fingerprint density at radius 3 is 2.57 bits per heavy atom. The van der Waals surface area contributed by atoms with Crippen LogP contribution in [0.5, 0.6) is 0 Å². The van der Waals surface area contributed by atoms with Crippen molar-refractivity contribution in [3.63, 3.8) is 0 Å². The lowest BCUT2D eigenvalue weighted by molar-refractivity contribution is -0.133. The summed E-state index contributed by atoms with van der Waals surface area (Å²) >= 11 is 0. The Kier molecular flexibility index (Phi) is 4.59. The number of carbonyl (C=O) groups is 1. The van der Waals surface area contributed by atoms with Crippen molar-refractivity contribution in [2.75, 3.05) is 6.54 Å². The van der Waals surface area contributed by atoms with Gasteiger partial charge in [0, 0.05) is 25.0 Å². The van der Waals surface area contributed by atoms with E-state index in [0.29, 0.717) is 12.5 Å². The van der Waals surface area contributed by atoms with Gasteiger partial charge in [0.05, 0.1) is 0 Å². The van der Waals surface area contributed by atoms with Gasteiger partial charge >= 0.3 is 0 Å². The molecule has 0 spiro atoms. The number of nitrogens with zero attached hydrogens (tertiary/aromatic N) is 1. The van der Waals surface area contributed by atoms with Gasteiger partial charge in [0.1, 0.15) is 0 Å². The number of benzene rings is 1. The van der Waals surface area contributed by atoms with Gasteiger partial charge in [0.2, 0.25) is 5.91 Å². The maximum absolute atomic E-state index is 12.6. The van der Waals surface area contributed by atoms with Crippen molar-refractivity contribution in [3.8, 4) is 0 Å². The Balaban J connectivity index is 1.61. The second-order valence-corrected chi connectivity index (χ2v) is 6.56. The lowest BCUT2D eigenvalue weighted by atomic mass is 9.95. The second kappa shape index (κ2) is 6.61. The molecule has 1 amide bonds. The molecule has 1 heterocycles. The molecule has 1 aromatic carbocycles. The van der Waals surface area contributed by atoms with Crippen LogP contribution in [0, 0.1) is 5.92 Å². The summed E-state index contributed by atoms with van der Waals surface area (Å²) < 4.78 is 0. The van der Waals surface area contributed by atoms with E-state index in [1.807, 2.05) is 30.3 Å². The maximum Gasteiger partial charge on any atom is 0.224 e. The van der Waals surface area contributed by atoms with E-state index >= 15 is 0 Å². The van der Waals surface area contributed by atoms with Gasteiger partial charge in [-0.05, 0) is 37.2 Å². The van der Waals surface area contributed by atoms with E-state index < -0.39 is 0 Å². The van der Waals surface area contributed by atoms with Crippen LogP contribution in [0.15, 0.2) is 30.3 Å². The Labute approximate surface area is 127 Å². The van der Waals surface area contributed by atoms with E-state index in [0.717, 1.165) is 24.4 Å². The first-order chi connectivity index (χ1) is 10.3. The molecule has 1 saturated carbocycles. The molecule has 0 bridgehead atoms. The van der Waals surface area contributed by atoms with Crippen LogP contribution in [0.2, 0.25) is 0 Å². The molecule has 2 aliphatic rings. The zero-order valence-electron chi connectivity index (χ0n) is 12.7. The molecule has 3 nitrogen and oxygen atoms in total. The van der Waals surface area contributed by atoms with Gasteiger partial charge in [0.15, 0.2) is 0 Å². The first-order valence-corrected chi connectivity index (χ1v) is 8.35. The van der Waals surface area contributed by atoms with Crippen molar-refractivity contribution in [1.82, 2.24) is 4.90 Å². The maximum atomic E-state index is 12.6. The number of amides is 1. The third-order valence-corrected chi connectivity index (χ3v) is 5.19. The standard InChI is InChI=1S/C18H26N2O/c19-16(14-7-2-1-3-8-14)13-18(21)20-12-6-11-17(20)15-9-4-5-10-15/h1-3,7-8,15-17H,4-6,9-13,19H2. The molecular formula is C18H26N2O. The molecule has 1 aliphatic carbocycles. The molecule has 3 rings (SSSR count). The van der Waals surface area contributed by atoms with E-state index in [1.165, 1.54) is 32.1 Å². The molecule has 2 unspecified atom stereocenters. The normalized spacial score (nSPS) is 24.4. The van der Waals surface area contributed by atoms with Gasteiger partial charge in [0.25, 0.3) is 0 Å². The second-order valence-electron chi connectivity index (χ2n) is 6.56. The van der Waals surface area contributed by atoms with Crippen LogP contribution in [-0.4, -0.2) is 23.4 Å². The average molecular weight is 286 g/mol. The molecular weight excluding hydrogens is 260 g/mol.